The van der Waals surface area contributed by atoms with Crippen LogP contribution >= 0.6 is 0 Å². The number of rotatable bonds is 8. The van der Waals surface area contributed by atoms with Crippen molar-refractivity contribution in [3.05, 3.63) is 0 Å². The van der Waals surface area contributed by atoms with Crippen molar-refractivity contribution in [1.82, 2.24) is 0 Å². The molecule has 2 N–H and O–H groups in total. The molecule has 0 aliphatic carbocycles. The molecule has 0 spiro atoms. The van der Waals surface area contributed by atoms with Crippen LogP contribution in [0.25, 0.3) is 0 Å². The summed E-state index contributed by atoms with van der Waals surface area (Å²) in [5.74, 6) is 0.392. The van der Waals surface area contributed by atoms with Gasteiger partial charge in [0.25, 0.3) is 0 Å². The average molecular weight is 239 g/mol. The Hall–Kier alpha value is -0.250. The van der Waals surface area contributed by atoms with Crippen LogP contribution in [0.3, 0.4) is 0 Å². The lowest BCUT2D eigenvalue weighted by atomic mass is 9.88. The van der Waals surface area contributed by atoms with Gasteiger partial charge >= 0.3 is 6.18 Å². The first-order valence-electron chi connectivity index (χ1n) is 6.23. The zero-order valence-corrected chi connectivity index (χ0v) is 10.3. The van der Waals surface area contributed by atoms with Gasteiger partial charge in [0.2, 0.25) is 0 Å². The van der Waals surface area contributed by atoms with E-state index in [9.17, 15) is 13.2 Å². The minimum absolute atomic E-state index is 0.0674. The summed E-state index contributed by atoms with van der Waals surface area (Å²) < 4.78 is 35.9. The van der Waals surface area contributed by atoms with Crippen LogP contribution in [0.5, 0.6) is 0 Å². The number of hydrogen-bond acceptors (Lipinski definition) is 1. The van der Waals surface area contributed by atoms with Gasteiger partial charge in [-0.05, 0) is 31.6 Å². The molecule has 0 radical (unpaired) electrons. The molecular weight excluding hydrogens is 215 g/mol. The predicted octanol–water partition coefficient (Wildman–Crippen LogP) is 4.26. The lowest BCUT2D eigenvalue weighted by Crippen LogP contribution is -2.30. The molecule has 16 heavy (non-hydrogen) atoms. The van der Waals surface area contributed by atoms with E-state index < -0.39 is 12.6 Å². The van der Waals surface area contributed by atoms with Crippen molar-refractivity contribution in [2.24, 2.45) is 11.7 Å². The molecule has 1 unspecified atom stereocenters. The van der Waals surface area contributed by atoms with E-state index in [0.717, 1.165) is 25.7 Å². The number of hydrogen-bond donors (Lipinski definition) is 1. The van der Waals surface area contributed by atoms with Gasteiger partial charge in [-0.2, -0.15) is 13.2 Å². The van der Waals surface area contributed by atoms with Crippen molar-refractivity contribution in [3.63, 3.8) is 0 Å². The summed E-state index contributed by atoms with van der Waals surface area (Å²) >= 11 is 0. The first kappa shape index (κ1) is 15.8. The van der Waals surface area contributed by atoms with Gasteiger partial charge < -0.3 is 5.73 Å². The van der Waals surface area contributed by atoms with Crippen molar-refractivity contribution in [3.8, 4) is 0 Å². The van der Waals surface area contributed by atoms with Crippen LogP contribution in [0.2, 0.25) is 0 Å². The van der Waals surface area contributed by atoms with Crippen LogP contribution in [-0.4, -0.2) is 12.2 Å². The highest BCUT2D eigenvalue weighted by molar-refractivity contribution is 4.73. The second-order valence-electron chi connectivity index (χ2n) is 4.51. The van der Waals surface area contributed by atoms with Crippen LogP contribution in [0.15, 0.2) is 0 Å². The topological polar surface area (TPSA) is 26.0 Å². The van der Waals surface area contributed by atoms with Gasteiger partial charge in [0.05, 0.1) is 0 Å². The van der Waals surface area contributed by atoms with Crippen molar-refractivity contribution < 1.29 is 13.2 Å². The molecule has 0 aliphatic rings. The molecule has 0 amide bonds. The van der Waals surface area contributed by atoms with Crippen molar-refractivity contribution in [2.45, 2.75) is 71.0 Å². The maximum atomic E-state index is 12.0. The molecule has 0 aromatic rings. The Kier molecular flexibility index (Phi) is 7.81. The molecule has 98 valence electrons. The van der Waals surface area contributed by atoms with Crippen LogP contribution in [-0.2, 0) is 0 Å². The zero-order chi connectivity index (χ0) is 12.6. The Morgan fingerprint density at radius 3 is 1.88 bits per heavy atom. The maximum Gasteiger partial charge on any atom is 0.389 e. The largest absolute Gasteiger partial charge is 0.389 e. The molecular formula is C12H24F3N. The van der Waals surface area contributed by atoms with E-state index in [-0.39, 0.29) is 12.5 Å². The maximum absolute atomic E-state index is 12.0. The molecule has 0 aromatic carbocycles. The Labute approximate surface area is 96.6 Å². The number of halogens is 3. The zero-order valence-electron chi connectivity index (χ0n) is 10.3. The molecule has 1 nitrogen and oxygen atoms in total. The molecule has 0 bridgehead atoms. The smallest absolute Gasteiger partial charge is 0.327 e. The normalized spacial score (nSPS) is 14.4. The van der Waals surface area contributed by atoms with E-state index in [2.05, 4.69) is 13.8 Å². The van der Waals surface area contributed by atoms with Gasteiger partial charge in [0.15, 0.2) is 0 Å². The quantitative estimate of drug-likeness (QED) is 0.672. The lowest BCUT2D eigenvalue weighted by molar-refractivity contribution is -0.135. The lowest BCUT2D eigenvalue weighted by Gasteiger charge is -2.23. The third-order valence-corrected chi connectivity index (χ3v) is 2.92. The second kappa shape index (κ2) is 7.93. The number of alkyl halides is 3. The molecule has 0 heterocycles. The molecule has 0 aromatic heterocycles. The summed E-state index contributed by atoms with van der Waals surface area (Å²) in [5.41, 5.74) is 5.95. The fourth-order valence-electron chi connectivity index (χ4n) is 2.09. The van der Waals surface area contributed by atoms with Crippen LogP contribution in [0.1, 0.15) is 58.8 Å². The van der Waals surface area contributed by atoms with Gasteiger partial charge in [0, 0.05) is 12.5 Å². The van der Waals surface area contributed by atoms with Gasteiger partial charge in [-0.3, -0.25) is 0 Å². The van der Waals surface area contributed by atoms with E-state index in [1.54, 1.807) is 0 Å². The van der Waals surface area contributed by atoms with E-state index in [4.69, 9.17) is 5.73 Å². The van der Waals surface area contributed by atoms with Gasteiger partial charge in [0.1, 0.15) is 0 Å². The van der Waals surface area contributed by atoms with Crippen molar-refractivity contribution in [2.75, 3.05) is 0 Å². The monoisotopic (exact) mass is 239 g/mol. The van der Waals surface area contributed by atoms with Crippen LogP contribution in [0.4, 0.5) is 13.2 Å². The van der Waals surface area contributed by atoms with E-state index in [1.165, 1.54) is 0 Å². The predicted molar refractivity (Wildman–Crippen MR) is 61.2 cm³/mol. The molecule has 0 fully saturated rings. The summed E-state index contributed by atoms with van der Waals surface area (Å²) in [6, 6.07) is -0.0674. The Morgan fingerprint density at radius 1 is 1.00 bits per heavy atom. The van der Waals surface area contributed by atoms with E-state index in [1.807, 2.05) is 0 Å². The van der Waals surface area contributed by atoms with Gasteiger partial charge in [-0.1, -0.05) is 26.7 Å². The molecule has 0 saturated carbocycles. The molecule has 4 heteroatoms. The third-order valence-electron chi connectivity index (χ3n) is 2.92. The molecule has 0 aliphatic heterocycles. The summed E-state index contributed by atoms with van der Waals surface area (Å²) in [6.45, 7) is 4.18. The summed E-state index contributed by atoms with van der Waals surface area (Å²) in [7, 11) is 0. The van der Waals surface area contributed by atoms with Crippen LogP contribution in [0, 0.1) is 5.92 Å². The Morgan fingerprint density at radius 2 is 1.50 bits per heavy atom. The highest BCUT2D eigenvalue weighted by Crippen LogP contribution is 2.25. The molecule has 0 saturated heterocycles. The van der Waals surface area contributed by atoms with Crippen molar-refractivity contribution >= 4 is 0 Å². The average Bonchev–Trinajstić information content (AvgIpc) is 2.15. The summed E-state index contributed by atoms with van der Waals surface area (Å²) in [5, 5.41) is 0. The van der Waals surface area contributed by atoms with E-state index in [0.29, 0.717) is 12.3 Å². The first-order chi connectivity index (χ1) is 7.40. The number of nitrogens with two attached hydrogens (primary N) is 1. The first-order valence-corrected chi connectivity index (χ1v) is 6.23. The second-order valence-corrected chi connectivity index (χ2v) is 4.51. The van der Waals surface area contributed by atoms with Gasteiger partial charge in [-0.15, -0.1) is 0 Å². The fourth-order valence-corrected chi connectivity index (χ4v) is 2.09. The minimum atomic E-state index is -4.04. The summed E-state index contributed by atoms with van der Waals surface area (Å²) in [6.07, 6.45) is 0.0759. The van der Waals surface area contributed by atoms with Crippen LogP contribution < -0.4 is 5.73 Å². The highest BCUT2D eigenvalue weighted by Gasteiger charge is 2.27. The minimum Gasteiger partial charge on any atom is -0.327 e. The van der Waals surface area contributed by atoms with Crippen molar-refractivity contribution in [1.29, 1.82) is 0 Å². The Balaban J connectivity index is 3.86. The standard InChI is InChI=1S/C12H24F3N/c1-3-6-10(7-4-2)11(16)8-5-9-12(13,14)15/h10-11H,3-9,16H2,1-2H3. The van der Waals surface area contributed by atoms with E-state index >= 15 is 0 Å². The van der Waals surface area contributed by atoms with Gasteiger partial charge in [-0.25, -0.2) is 0 Å². The molecule has 0 rings (SSSR count). The Bertz CT molecular complexity index is 162. The highest BCUT2D eigenvalue weighted by atomic mass is 19.4. The third kappa shape index (κ3) is 7.97. The molecule has 1 atom stereocenters. The fraction of sp³-hybridized carbons (Fsp3) is 1.00. The summed E-state index contributed by atoms with van der Waals surface area (Å²) in [4.78, 5) is 0. The SMILES string of the molecule is CCCC(CCC)C(N)CCCC(F)(F)F.